The second kappa shape index (κ2) is 9.32. The van der Waals surface area contributed by atoms with E-state index in [1.54, 1.807) is 0 Å². The third-order valence-corrected chi connectivity index (χ3v) is 7.66. The van der Waals surface area contributed by atoms with Crippen molar-refractivity contribution in [3.8, 4) is 0 Å². The van der Waals surface area contributed by atoms with Gasteiger partial charge in [-0.15, -0.1) is 21.5 Å². The monoisotopic (exact) mass is 460 g/mol. The van der Waals surface area contributed by atoms with Gasteiger partial charge in [0.2, 0.25) is 5.01 Å². The standard InChI is InChI=1S/C25H24N4OS2/c1-17-7-9-18(10-8-17)15-26-24(30)25-28-27-22(32-25)16-29-13-11-21-20(12-14-31-21)23(29)19-5-3-2-4-6-19/h2-10,12,14,23H,11,13,15-16H2,1H3,(H,26,30). The lowest BCUT2D eigenvalue weighted by molar-refractivity contribution is 0.0950. The normalized spacial score (nSPS) is 16.0. The molecule has 0 saturated heterocycles. The van der Waals surface area contributed by atoms with E-state index in [9.17, 15) is 4.79 Å². The maximum atomic E-state index is 12.6. The summed E-state index contributed by atoms with van der Waals surface area (Å²) < 4.78 is 0. The number of aryl methyl sites for hydroxylation is 1. The Hall–Kier alpha value is -2.87. The van der Waals surface area contributed by atoms with E-state index in [-0.39, 0.29) is 11.9 Å². The number of benzene rings is 2. The molecule has 162 valence electrons. The first-order valence-corrected chi connectivity index (χ1v) is 12.4. The van der Waals surface area contributed by atoms with Gasteiger partial charge in [-0.1, -0.05) is 71.5 Å². The van der Waals surface area contributed by atoms with E-state index in [4.69, 9.17) is 0 Å². The van der Waals surface area contributed by atoms with Crippen LogP contribution in [0.2, 0.25) is 0 Å². The number of nitrogens with one attached hydrogen (secondary N) is 1. The second-order valence-corrected chi connectivity index (χ2v) is 10.1. The first-order valence-electron chi connectivity index (χ1n) is 10.7. The molecule has 1 amide bonds. The molecule has 0 bridgehead atoms. The van der Waals surface area contributed by atoms with Gasteiger partial charge in [0, 0.05) is 18.0 Å². The lowest BCUT2D eigenvalue weighted by Gasteiger charge is -2.35. The minimum Gasteiger partial charge on any atom is -0.346 e. The molecule has 1 N–H and O–H groups in total. The summed E-state index contributed by atoms with van der Waals surface area (Å²) in [4.78, 5) is 16.5. The Balaban J connectivity index is 1.29. The fraction of sp³-hybridized carbons (Fsp3) is 0.240. The molecule has 2 aromatic carbocycles. The average molecular weight is 461 g/mol. The molecule has 1 aliphatic rings. The molecule has 1 aliphatic heterocycles. The lowest BCUT2D eigenvalue weighted by atomic mass is 9.93. The Morgan fingerprint density at radius 3 is 2.72 bits per heavy atom. The van der Waals surface area contributed by atoms with Gasteiger partial charge in [-0.05, 0) is 41.5 Å². The van der Waals surface area contributed by atoms with Crippen LogP contribution < -0.4 is 5.32 Å². The largest absolute Gasteiger partial charge is 0.346 e. The highest BCUT2D eigenvalue weighted by molar-refractivity contribution is 7.13. The number of rotatable bonds is 6. The summed E-state index contributed by atoms with van der Waals surface area (Å²) in [5.74, 6) is -0.173. The smallest absolute Gasteiger partial charge is 0.282 e. The first kappa shape index (κ1) is 21.0. The lowest BCUT2D eigenvalue weighted by Crippen LogP contribution is -2.34. The van der Waals surface area contributed by atoms with Crippen LogP contribution in [0.3, 0.4) is 0 Å². The highest BCUT2D eigenvalue weighted by Gasteiger charge is 2.30. The van der Waals surface area contributed by atoms with Gasteiger partial charge in [0.15, 0.2) is 0 Å². The van der Waals surface area contributed by atoms with E-state index in [2.05, 4.69) is 69.1 Å². The summed E-state index contributed by atoms with van der Waals surface area (Å²) in [6.45, 7) is 4.17. The van der Waals surface area contributed by atoms with E-state index >= 15 is 0 Å². The number of thiophene rings is 1. The molecule has 0 aliphatic carbocycles. The van der Waals surface area contributed by atoms with E-state index in [1.165, 1.54) is 32.9 Å². The van der Waals surface area contributed by atoms with Gasteiger partial charge in [-0.2, -0.15) is 0 Å². The topological polar surface area (TPSA) is 58.1 Å². The average Bonchev–Trinajstić information content (AvgIpc) is 3.49. The van der Waals surface area contributed by atoms with E-state index in [0.29, 0.717) is 18.1 Å². The molecule has 32 heavy (non-hydrogen) atoms. The molecule has 1 atom stereocenters. The molecular weight excluding hydrogens is 436 g/mol. The minimum atomic E-state index is -0.173. The van der Waals surface area contributed by atoms with Crippen molar-refractivity contribution >= 4 is 28.6 Å². The number of carbonyl (C=O) groups is 1. The number of fused-ring (bicyclic) bond motifs is 1. The molecule has 0 spiro atoms. The Bertz CT molecular complexity index is 1200. The summed E-state index contributed by atoms with van der Waals surface area (Å²) in [5.41, 5.74) is 4.94. The zero-order valence-electron chi connectivity index (χ0n) is 17.8. The number of hydrogen-bond acceptors (Lipinski definition) is 6. The van der Waals surface area contributed by atoms with E-state index in [1.807, 2.05) is 35.6 Å². The van der Waals surface area contributed by atoms with Gasteiger partial charge >= 0.3 is 0 Å². The fourth-order valence-corrected chi connectivity index (χ4v) is 5.80. The van der Waals surface area contributed by atoms with Crippen molar-refractivity contribution in [3.05, 3.63) is 103 Å². The summed E-state index contributed by atoms with van der Waals surface area (Å²) in [6, 6.07) is 21.2. The molecule has 0 saturated carbocycles. The number of aromatic nitrogens is 2. The van der Waals surface area contributed by atoms with Crippen LogP contribution in [0.4, 0.5) is 0 Å². The summed E-state index contributed by atoms with van der Waals surface area (Å²) >= 11 is 3.22. The van der Waals surface area contributed by atoms with Crippen molar-refractivity contribution in [1.29, 1.82) is 0 Å². The SMILES string of the molecule is Cc1ccc(CNC(=O)c2nnc(CN3CCc4sccc4C3c3ccccc3)s2)cc1. The fourth-order valence-electron chi connectivity index (χ4n) is 4.11. The third-order valence-electron chi connectivity index (χ3n) is 5.75. The van der Waals surface area contributed by atoms with Crippen molar-refractivity contribution in [3.63, 3.8) is 0 Å². The van der Waals surface area contributed by atoms with Crippen LogP contribution in [-0.4, -0.2) is 27.5 Å². The van der Waals surface area contributed by atoms with Crippen molar-refractivity contribution in [1.82, 2.24) is 20.4 Å². The van der Waals surface area contributed by atoms with Crippen LogP contribution in [0.1, 0.15) is 48.0 Å². The zero-order chi connectivity index (χ0) is 21.9. The Kier molecular flexibility index (Phi) is 6.12. The molecule has 2 aromatic heterocycles. The summed E-state index contributed by atoms with van der Waals surface area (Å²) in [5, 5.41) is 14.9. The van der Waals surface area contributed by atoms with Gasteiger partial charge in [-0.3, -0.25) is 9.69 Å². The summed E-state index contributed by atoms with van der Waals surface area (Å²) in [6.07, 6.45) is 1.04. The highest BCUT2D eigenvalue weighted by Crippen LogP contribution is 2.38. The Labute approximate surface area is 195 Å². The van der Waals surface area contributed by atoms with Crippen LogP contribution >= 0.6 is 22.7 Å². The van der Waals surface area contributed by atoms with Crippen molar-refractivity contribution in [2.45, 2.75) is 32.5 Å². The first-order chi connectivity index (χ1) is 15.7. The van der Waals surface area contributed by atoms with Crippen molar-refractivity contribution < 1.29 is 4.79 Å². The van der Waals surface area contributed by atoms with Crippen molar-refractivity contribution in [2.75, 3.05) is 6.54 Å². The maximum Gasteiger partial charge on any atom is 0.282 e. The molecule has 0 fully saturated rings. The molecule has 5 rings (SSSR count). The minimum absolute atomic E-state index is 0.173. The van der Waals surface area contributed by atoms with Crippen LogP contribution in [0.5, 0.6) is 0 Å². The molecule has 4 aromatic rings. The quantitative estimate of drug-likeness (QED) is 0.441. The number of nitrogens with zero attached hydrogens (tertiary/aromatic N) is 3. The molecule has 5 nitrogen and oxygen atoms in total. The molecule has 1 unspecified atom stereocenters. The van der Waals surface area contributed by atoms with Gasteiger partial charge in [-0.25, -0.2) is 0 Å². The Morgan fingerprint density at radius 1 is 1.09 bits per heavy atom. The van der Waals surface area contributed by atoms with Gasteiger partial charge in [0.05, 0.1) is 12.6 Å². The summed E-state index contributed by atoms with van der Waals surface area (Å²) in [7, 11) is 0. The van der Waals surface area contributed by atoms with Gasteiger partial charge in [0.25, 0.3) is 5.91 Å². The zero-order valence-corrected chi connectivity index (χ0v) is 19.5. The molecule has 0 radical (unpaired) electrons. The predicted octanol–water partition coefficient (Wildman–Crippen LogP) is 4.99. The second-order valence-electron chi connectivity index (χ2n) is 8.00. The number of hydrogen-bond donors (Lipinski definition) is 1. The van der Waals surface area contributed by atoms with Crippen LogP contribution in [0, 0.1) is 6.92 Å². The number of amides is 1. The molecule has 3 heterocycles. The van der Waals surface area contributed by atoms with E-state index in [0.717, 1.165) is 23.5 Å². The van der Waals surface area contributed by atoms with E-state index < -0.39 is 0 Å². The van der Waals surface area contributed by atoms with Crippen molar-refractivity contribution in [2.24, 2.45) is 0 Å². The van der Waals surface area contributed by atoms with Crippen LogP contribution in [-0.2, 0) is 19.5 Å². The Morgan fingerprint density at radius 2 is 1.91 bits per heavy atom. The third kappa shape index (κ3) is 4.50. The van der Waals surface area contributed by atoms with Gasteiger partial charge < -0.3 is 5.32 Å². The van der Waals surface area contributed by atoms with Crippen LogP contribution in [0.25, 0.3) is 0 Å². The van der Waals surface area contributed by atoms with Crippen LogP contribution in [0.15, 0.2) is 66.0 Å². The highest BCUT2D eigenvalue weighted by atomic mass is 32.1. The predicted molar refractivity (Wildman–Crippen MR) is 129 cm³/mol. The van der Waals surface area contributed by atoms with Gasteiger partial charge in [0.1, 0.15) is 5.01 Å². The molecule has 7 heteroatoms. The molecular formula is C25H24N4OS2. The number of carbonyl (C=O) groups excluding carboxylic acids is 1. The maximum absolute atomic E-state index is 12.6.